The number of hydrogen-bond acceptors (Lipinski definition) is 5. The number of sulfonamides is 1. The number of carbonyl (C=O) groups excluding carboxylic acids is 1. The van der Waals surface area contributed by atoms with Gasteiger partial charge in [-0.3, -0.25) is 4.79 Å². The molecule has 1 atom stereocenters. The van der Waals surface area contributed by atoms with E-state index in [2.05, 4.69) is 6.07 Å². The Morgan fingerprint density at radius 3 is 2.57 bits per heavy atom. The second-order valence-corrected chi connectivity index (χ2v) is 7.59. The number of carbonyl (C=O) groups is 1. The molecule has 0 bridgehead atoms. The molecule has 0 aliphatic carbocycles. The molecule has 1 aromatic carbocycles. The van der Waals surface area contributed by atoms with E-state index < -0.39 is 16.1 Å². The highest BCUT2D eigenvalue weighted by Gasteiger charge is 2.28. The van der Waals surface area contributed by atoms with Crippen LogP contribution in [0.3, 0.4) is 0 Å². The van der Waals surface area contributed by atoms with Gasteiger partial charge >= 0.3 is 0 Å². The van der Waals surface area contributed by atoms with E-state index in [0.717, 1.165) is 5.56 Å². The van der Waals surface area contributed by atoms with Gasteiger partial charge in [0.15, 0.2) is 0 Å². The molecule has 1 unspecified atom stereocenters. The van der Waals surface area contributed by atoms with Crippen LogP contribution in [0.15, 0.2) is 24.3 Å². The molecule has 23 heavy (non-hydrogen) atoms. The van der Waals surface area contributed by atoms with Crippen LogP contribution in [0.4, 0.5) is 0 Å². The van der Waals surface area contributed by atoms with Gasteiger partial charge in [-0.05, 0) is 24.1 Å². The minimum atomic E-state index is -3.22. The summed E-state index contributed by atoms with van der Waals surface area (Å²) in [5.41, 5.74) is 7.35. The fourth-order valence-corrected chi connectivity index (χ4v) is 3.41. The Balaban J connectivity index is 1.94. The van der Waals surface area contributed by atoms with Crippen LogP contribution in [0.25, 0.3) is 0 Å². The highest BCUT2D eigenvalue weighted by Crippen LogP contribution is 2.10. The predicted molar refractivity (Wildman–Crippen MR) is 85.8 cm³/mol. The second-order valence-electron chi connectivity index (χ2n) is 5.61. The SMILES string of the molecule is CS(=O)(=O)N1CCN(C(=O)C(N)Cc2cccc(C#N)c2)CC1. The van der Waals surface area contributed by atoms with Crippen molar-refractivity contribution in [3.63, 3.8) is 0 Å². The van der Waals surface area contributed by atoms with Gasteiger partial charge in [0.25, 0.3) is 0 Å². The summed E-state index contributed by atoms with van der Waals surface area (Å²) >= 11 is 0. The Kier molecular flexibility index (Phi) is 5.36. The van der Waals surface area contributed by atoms with E-state index in [0.29, 0.717) is 38.2 Å². The number of nitriles is 1. The molecule has 0 spiro atoms. The summed E-state index contributed by atoms with van der Waals surface area (Å²) in [5, 5.41) is 8.89. The zero-order valence-corrected chi connectivity index (χ0v) is 13.8. The maximum atomic E-state index is 12.4. The van der Waals surface area contributed by atoms with Gasteiger partial charge in [-0.2, -0.15) is 9.57 Å². The van der Waals surface area contributed by atoms with Crippen molar-refractivity contribution in [2.45, 2.75) is 12.5 Å². The molecule has 1 aliphatic heterocycles. The number of nitrogens with two attached hydrogens (primary N) is 1. The lowest BCUT2D eigenvalue weighted by Crippen LogP contribution is -2.54. The highest BCUT2D eigenvalue weighted by molar-refractivity contribution is 7.88. The standard InChI is InChI=1S/C15H20N4O3S/c1-23(21,22)19-7-5-18(6-8-19)15(20)14(17)10-12-3-2-4-13(9-12)11-16/h2-4,9,14H,5-8,10,17H2,1H3. The van der Waals surface area contributed by atoms with Gasteiger partial charge in [-0.15, -0.1) is 0 Å². The van der Waals surface area contributed by atoms with Gasteiger partial charge in [-0.1, -0.05) is 12.1 Å². The van der Waals surface area contributed by atoms with Crippen LogP contribution in [0.2, 0.25) is 0 Å². The average Bonchev–Trinajstić information content (AvgIpc) is 2.53. The maximum Gasteiger partial charge on any atom is 0.239 e. The molecule has 2 rings (SSSR count). The first-order chi connectivity index (χ1) is 10.8. The van der Waals surface area contributed by atoms with Crippen LogP contribution in [-0.4, -0.2) is 62.0 Å². The Bertz CT molecular complexity index is 718. The first-order valence-electron chi connectivity index (χ1n) is 7.30. The third-order valence-electron chi connectivity index (χ3n) is 3.85. The van der Waals surface area contributed by atoms with Crippen molar-refractivity contribution >= 4 is 15.9 Å². The van der Waals surface area contributed by atoms with Crippen molar-refractivity contribution in [2.75, 3.05) is 32.4 Å². The van der Waals surface area contributed by atoms with E-state index in [1.54, 1.807) is 23.1 Å². The summed E-state index contributed by atoms with van der Waals surface area (Å²) in [6, 6.07) is 8.35. The van der Waals surface area contributed by atoms with Crippen molar-refractivity contribution in [1.82, 2.24) is 9.21 Å². The lowest BCUT2D eigenvalue weighted by Gasteiger charge is -2.34. The smallest absolute Gasteiger partial charge is 0.239 e. The van der Waals surface area contributed by atoms with Crippen LogP contribution < -0.4 is 5.73 Å². The Morgan fingerprint density at radius 1 is 1.35 bits per heavy atom. The van der Waals surface area contributed by atoms with Crippen molar-refractivity contribution in [3.05, 3.63) is 35.4 Å². The van der Waals surface area contributed by atoms with Crippen molar-refractivity contribution in [1.29, 1.82) is 5.26 Å². The first-order valence-corrected chi connectivity index (χ1v) is 9.14. The molecule has 2 N–H and O–H groups in total. The lowest BCUT2D eigenvalue weighted by molar-refractivity contribution is -0.133. The molecule has 1 amide bonds. The van der Waals surface area contributed by atoms with Gasteiger partial charge in [0.05, 0.1) is 23.9 Å². The average molecular weight is 336 g/mol. The third-order valence-corrected chi connectivity index (χ3v) is 5.15. The molecule has 1 aliphatic rings. The minimum Gasteiger partial charge on any atom is -0.339 e. The van der Waals surface area contributed by atoms with Gasteiger partial charge in [0, 0.05) is 26.2 Å². The largest absolute Gasteiger partial charge is 0.339 e. The van der Waals surface area contributed by atoms with Crippen molar-refractivity contribution in [3.8, 4) is 6.07 Å². The summed E-state index contributed by atoms with van der Waals surface area (Å²) in [6.45, 7) is 1.28. The van der Waals surface area contributed by atoms with Crippen LogP contribution in [0.5, 0.6) is 0 Å². The van der Waals surface area contributed by atoms with Crippen molar-refractivity contribution < 1.29 is 13.2 Å². The minimum absolute atomic E-state index is 0.194. The number of hydrogen-bond donors (Lipinski definition) is 1. The van der Waals surface area contributed by atoms with Gasteiger partial charge in [-0.25, -0.2) is 8.42 Å². The predicted octanol–water partition coefficient (Wildman–Crippen LogP) is -0.468. The molecule has 7 nitrogen and oxygen atoms in total. The maximum absolute atomic E-state index is 12.4. The van der Waals surface area contributed by atoms with E-state index in [1.165, 1.54) is 10.6 Å². The number of piperazine rings is 1. The fourth-order valence-electron chi connectivity index (χ4n) is 2.58. The zero-order chi connectivity index (χ0) is 17.0. The third kappa shape index (κ3) is 4.51. The molecular weight excluding hydrogens is 316 g/mol. The molecular formula is C15H20N4O3S. The first kappa shape index (κ1) is 17.4. The summed E-state index contributed by atoms with van der Waals surface area (Å²) in [7, 11) is -3.22. The summed E-state index contributed by atoms with van der Waals surface area (Å²) in [4.78, 5) is 14.0. The topological polar surface area (TPSA) is 108 Å². The molecule has 1 heterocycles. The lowest BCUT2D eigenvalue weighted by atomic mass is 10.0. The van der Waals surface area contributed by atoms with Crippen molar-refractivity contribution in [2.24, 2.45) is 5.73 Å². The summed E-state index contributed by atoms with van der Waals surface area (Å²) in [6.07, 6.45) is 1.51. The number of amides is 1. The quantitative estimate of drug-likeness (QED) is 0.800. The number of nitrogens with zero attached hydrogens (tertiary/aromatic N) is 3. The van der Waals surface area contributed by atoms with E-state index in [9.17, 15) is 13.2 Å². The summed E-state index contributed by atoms with van der Waals surface area (Å²) in [5.74, 6) is -0.194. The van der Waals surface area contributed by atoms with E-state index >= 15 is 0 Å². The van der Waals surface area contributed by atoms with Gasteiger partial charge < -0.3 is 10.6 Å². The second kappa shape index (κ2) is 7.08. The highest BCUT2D eigenvalue weighted by atomic mass is 32.2. The van der Waals surface area contributed by atoms with Crippen LogP contribution in [0.1, 0.15) is 11.1 Å². The van der Waals surface area contributed by atoms with E-state index in [-0.39, 0.29) is 5.91 Å². The van der Waals surface area contributed by atoms with Crippen LogP contribution >= 0.6 is 0 Å². The normalized spacial score (nSPS) is 17.5. The fraction of sp³-hybridized carbons (Fsp3) is 0.467. The van der Waals surface area contributed by atoms with Crippen LogP contribution in [0, 0.1) is 11.3 Å². The Morgan fingerprint density at radius 2 is 2.00 bits per heavy atom. The monoisotopic (exact) mass is 336 g/mol. The molecule has 0 radical (unpaired) electrons. The Hall–Kier alpha value is -1.95. The molecule has 1 saturated heterocycles. The Labute approximate surface area is 136 Å². The number of benzene rings is 1. The van der Waals surface area contributed by atoms with Crippen LogP contribution in [-0.2, 0) is 21.2 Å². The van der Waals surface area contributed by atoms with E-state index in [4.69, 9.17) is 11.0 Å². The van der Waals surface area contributed by atoms with E-state index in [1.807, 2.05) is 6.07 Å². The molecule has 1 fully saturated rings. The number of rotatable bonds is 4. The van der Waals surface area contributed by atoms with Gasteiger partial charge in [0.1, 0.15) is 0 Å². The zero-order valence-electron chi connectivity index (χ0n) is 13.0. The van der Waals surface area contributed by atoms with Gasteiger partial charge in [0.2, 0.25) is 15.9 Å². The molecule has 0 saturated carbocycles. The molecule has 8 heteroatoms. The molecule has 124 valence electrons. The molecule has 1 aromatic rings. The molecule has 0 aromatic heterocycles. The summed E-state index contributed by atoms with van der Waals surface area (Å²) < 4.78 is 24.3.